The number of β-amino-alcohol motifs (C(OH)–C–C–N with tert-alkyl or cyclic N) is 1. The highest BCUT2D eigenvalue weighted by molar-refractivity contribution is 5.79. The van der Waals surface area contributed by atoms with E-state index in [1.54, 1.807) is 0 Å². The molecule has 1 saturated heterocycles. The molecule has 5 nitrogen and oxygen atoms in total. The van der Waals surface area contributed by atoms with Gasteiger partial charge in [0.1, 0.15) is 0 Å². The van der Waals surface area contributed by atoms with Crippen LogP contribution in [0.1, 0.15) is 19.8 Å². The largest absolute Gasteiger partial charge is 0.391 e. The number of amides is 1. The molecule has 0 saturated carbocycles. The van der Waals surface area contributed by atoms with Gasteiger partial charge >= 0.3 is 0 Å². The third-order valence-corrected chi connectivity index (χ3v) is 3.38. The van der Waals surface area contributed by atoms with E-state index in [4.69, 9.17) is 5.73 Å². The Morgan fingerprint density at radius 1 is 1.59 bits per heavy atom. The molecule has 1 aliphatic rings. The molecular weight excluding hydrogens is 218 g/mol. The molecule has 1 rings (SSSR count). The molecule has 0 aromatic carbocycles. The Morgan fingerprint density at radius 2 is 2.24 bits per heavy atom. The van der Waals surface area contributed by atoms with Gasteiger partial charge in [-0.1, -0.05) is 6.92 Å². The molecule has 17 heavy (non-hydrogen) atoms. The van der Waals surface area contributed by atoms with Gasteiger partial charge in [0.05, 0.1) is 12.0 Å². The van der Waals surface area contributed by atoms with Crippen LogP contribution in [0, 0.1) is 5.92 Å². The molecule has 3 unspecified atom stereocenters. The van der Waals surface area contributed by atoms with Crippen molar-refractivity contribution in [3.8, 4) is 0 Å². The van der Waals surface area contributed by atoms with E-state index < -0.39 is 0 Å². The summed E-state index contributed by atoms with van der Waals surface area (Å²) in [6, 6.07) is 0.119. The summed E-state index contributed by atoms with van der Waals surface area (Å²) in [5.74, 6) is -0.0108. The topological polar surface area (TPSA) is 69.8 Å². The van der Waals surface area contributed by atoms with E-state index >= 15 is 0 Å². The van der Waals surface area contributed by atoms with Crippen LogP contribution in [0.2, 0.25) is 0 Å². The maximum atomic E-state index is 12.3. The summed E-state index contributed by atoms with van der Waals surface area (Å²) in [6.45, 7) is 3.61. The minimum Gasteiger partial charge on any atom is -0.391 e. The fourth-order valence-corrected chi connectivity index (χ4v) is 2.43. The number of carbonyl (C=O) groups excluding carboxylic acids is 1. The van der Waals surface area contributed by atoms with Gasteiger partial charge in [-0.25, -0.2) is 0 Å². The van der Waals surface area contributed by atoms with Crippen LogP contribution in [0.25, 0.3) is 0 Å². The predicted octanol–water partition coefficient (Wildman–Crippen LogP) is -0.505. The van der Waals surface area contributed by atoms with Gasteiger partial charge in [0, 0.05) is 25.7 Å². The Labute approximate surface area is 104 Å². The minimum atomic E-state index is -0.390. The zero-order valence-electron chi connectivity index (χ0n) is 11.1. The number of carbonyl (C=O) groups is 1. The lowest BCUT2D eigenvalue weighted by Crippen LogP contribution is -2.45. The van der Waals surface area contributed by atoms with Crippen LogP contribution in [0.15, 0.2) is 0 Å². The van der Waals surface area contributed by atoms with Gasteiger partial charge in [-0.05, 0) is 26.9 Å². The lowest BCUT2D eigenvalue weighted by atomic mass is 10.0. The number of nitrogens with two attached hydrogens (primary N) is 1. The molecule has 0 aromatic heterocycles. The van der Waals surface area contributed by atoms with E-state index in [-0.39, 0.29) is 24.0 Å². The Morgan fingerprint density at radius 3 is 2.71 bits per heavy atom. The zero-order chi connectivity index (χ0) is 13.0. The number of hydrogen-bond donors (Lipinski definition) is 2. The maximum absolute atomic E-state index is 12.3. The molecule has 5 heteroatoms. The number of hydrogen-bond acceptors (Lipinski definition) is 4. The van der Waals surface area contributed by atoms with Crippen molar-refractivity contribution in [1.29, 1.82) is 0 Å². The molecule has 1 fully saturated rings. The fourth-order valence-electron chi connectivity index (χ4n) is 2.43. The zero-order valence-corrected chi connectivity index (χ0v) is 11.1. The number of likely N-dealkylation sites (tertiary alicyclic amines) is 1. The van der Waals surface area contributed by atoms with Crippen LogP contribution in [0.3, 0.4) is 0 Å². The Bertz CT molecular complexity index is 254. The highest BCUT2D eigenvalue weighted by atomic mass is 16.3. The number of aliphatic hydroxyl groups is 1. The summed E-state index contributed by atoms with van der Waals surface area (Å²) in [5.41, 5.74) is 5.61. The van der Waals surface area contributed by atoms with Gasteiger partial charge in [-0.3, -0.25) is 4.79 Å². The SMILES string of the molecule is CCC(CN)C(=O)N1CC(O)CC1CN(C)C. The van der Waals surface area contributed by atoms with Crippen molar-refractivity contribution >= 4 is 5.91 Å². The smallest absolute Gasteiger partial charge is 0.227 e. The second-order valence-corrected chi connectivity index (χ2v) is 5.14. The summed E-state index contributed by atoms with van der Waals surface area (Å²) < 4.78 is 0. The van der Waals surface area contributed by atoms with Crippen LogP contribution in [-0.4, -0.2) is 66.7 Å². The van der Waals surface area contributed by atoms with Crippen molar-refractivity contribution in [3.05, 3.63) is 0 Å². The third-order valence-electron chi connectivity index (χ3n) is 3.38. The summed E-state index contributed by atoms with van der Waals surface area (Å²) in [6.07, 6.45) is 1.04. The lowest BCUT2D eigenvalue weighted by molar-refractivity contribution is -0.136. The fraction of sp³-hybridized carbons (Fsp3) is 0.917. The van der Waals surface area contributed by atoms with Crippen molar-refractivity contribution in [2.75, 3.05) is 33.7 Å². The molecule has 0 spiro atoms. The Balaban J connectivity index is 2.69. The number of likely N-dealkylation sites (N-methyl/N-ethyl adjacent to an activating group) is 1. The van der Waals surface area contributed by atoms with Crippen LogP contribution >= 0.6 is 0 Å². The Hall–Kier alpha value is -0.650. The quantitative estimate of drug-likeness (QED) is 0.682. The predicted molar refractivity (Wildman–Crippen MR) is 67.5 cm³/mol. The van der Waals surface area contributed by atoms with Crippen molar-refractivity contribution in [1.82, 2.24) is 9.80 Å². The molecule has 1 aliphatic heterocycles. The molecule has 3 atom stereocenters. The molecule has 100 valence electrons. The second kappa shape index (κ2) is 6.33. The third kappa shape index (κ3) is 3.66. The summed E-state index contributed by atoms with van der Waals surface area (Å²) in [4.78, 5) is 16.1. The Kier molecular flexibility index (Phi) is 5.36. The van der Waals surface area contributed by atoms with E-state index in [1.165, 1.54) is 0 Å². The first-order valence-corrected chi connectivity index (χ1v) is 6.32. The maximum Gasteiger partial charge on any atom is 0.227 e. The average Bonchev–Trinajstić information content (AvgIpc) is 2.60. The summed E-state index contributed by atoms with van der Waals surface area (Å²) >= 11 is 0. The molecule has 1 heterocycles. The molecular formula is C12H25N3O2. The lowest BCUT2D eigenvalue weighted by Gasteiger charge is -2.29. The number of rotatable bonds is 5. The average molecular weight is 243 g/mol. The van der Waals surface area contributed by atoms with Crippen molar-refractivity contribution < 1.29 is 9.90 Å². The van der Waals surface area contributed by atoms with E-state index in [9.17, 15) is 9.90 Å². The van der Waals surface area contributed by atoms with Crippen molar-refractivity contribution in [3.63, 3.8) is 0 Å². The van der Waals surface area contributed by atoms with E-state index in [2.05, 4.69) is 0 Å². The monoisotopic (exact) mass is 243 g/mol. The highest BCUT2D eigenvalue weighted by Gasteiger charge is 2.36. The highest BCUT2D eigenvalue weighted by Crippen LogP contribution is 2.21. The molecule has 3 N–H and O–H groups in total. The first-order valence-electron chi connectivity index (χ1n) is 6.32. The molecule has 0 aromatic rings. The van der Waals surface area contributed by atoms with Gasteiger partial charge in [0.2, 0.25) is 5.91 Å². The van der Waals surface area contributed by atoms with E-state index in [1.807, 2.05) is 30.8 Å². The van der Waals surface area contributed by atoms with Crippen LogP contribution in [0.4, 0.5) is 0 Å². The van der Waals surface area contributed by atoms with Crippen molar-refractivity contribution in [2.24, 2.45) is 11.7 Å². The van der Waals surface area contributed by atoms with Gasteiger partial charge in [0.25, 0.3) is 0 Å². The minimum absolute atomic E-state index is 0.0957. The van der Waals surface area contributed by atoms with Gasteiger partial charge in [0.15, 0.2) is 0 Å². The van der Waals surface area contributed by atoms with Gasteiger partial charge < -0.3 is 20.6 Å². The van der Waals surface area contributed by atoms with Crippen LogP contribution < -0.4 is 5.73 Å². The standard InChI is InChI=1S/C12H25N3O2/c1-4-9(6-13)12(17)15-8-11(16)5-10(15)7-14(2)3/h9-11,16H,4-8,13H2,1-3H3. The van der Waals surface area contributed by atoms with Gasteiger partial charge in [-0.15, -0.1) is 0 Å². The number of aliphatic hydroxyl groups excluding tert-OH is 1. The van der Waals surface area contributed by atoms with Crippen molar-refractivity contribution in [2.45, 2.75) is 31.9 Å². The normalized spacial score (nSPS) is 26.6. The first kappa shape index (κ1) is 14.4. The van der Waals surface area contributed by atoms with Gasteiger partial charge in [-0.2, -0.15) is 0 Å². The second-order valence-electron chi connectivity index (χ2n) is 5.14. The molecule has 0 bridgehead atoms. The van der Waals surface area contributed by atoms with Crippen LogP contribution in [0.5, 0.6) is 0 Å². The molecule has 1 amide bonds. The molecule has 0 radical (unpaired) electrons. The summed E-state index contributed by atoms with van der Waals surface area (Å²) in [7, 11) is 3.96. The van der Waals surface area contributed by atoms with E-state index in [0.717, 1.165) is 13.0 Å². The number of nitrogens with zero attached hydrogens (tertiary/aromatic N) is 2. The van der Waals surface area contributed by atoms with E-state index in [0.29, 0.717) is 19.5 Å². The first-order chi connectivity index (χ1) is 7.99. The summed E-state index contributed by atoms with van der Waals surface area (Å²) in [5, 5.41) is 9.72. The molecule has 0 aliphatic carbocycles. The van der Waals surface area contributed by atoms with Crippen LogP contribution in [-0.2, 0) is 4.79 Å².